The molecule has 0 aromatic heterocycles. The number of aryl methyl sites for hydroxylation is 4. The van der Waals surface area contributed by atoms with Crippen LogP contribution in [0.2, 0.25) is 0 Å². The van der Waals surface area contributed by atoms with Crippen LogP contribution in [0.1, 0.15) is 28.7 Å². The van der Waals surface area contributed by atoms with E-state index in [4.69, 9.17) is 10.3 Å². The minimum atomic E-state index is -0.275. The van der Waals surface area contributed by atoms with Crippen molar-refractivity contribution >= 4 is 11.7 Å². The van der Waals surface area contributed by atoms with Crippen LogP contribution in [0.15, 0.2) is 36.4 Å². The van der Waals surface area contributed by atoms with Gasteiger partial charge in [-0.05, 0) is 38.3 Å². The first-order valence-electron chi connectivity index (χ1n) is 7.28. The standard InChI is InChI=1S/C18H20N2O2/c1-12-10-13(2)18(14(3)11-12)22-17(21)9-8-15-6-4-5-7-16(15)20-19/h4-7,10-11,20H,8-9H2,1-3H3. The van der Waals surface area contributed by atoms with Crippen LogP contribution in [0.25, 0.3) is 5.53 Å². The number of hydrogen-bond donors (Lipinski definition) is 1. The van der Waals surface area contributed by atoms with Crippen molar-refractivity contribution in [2.75, 3.05) is 0 Å². The molecule has 0 unspecified atom stereocenters. The van der Waals surface area contributed by atoms with Crippen molar-refractivity contribution in [1.82, 2.24) is 0 Å². The number of carbonyl (C=O) groups is 1. The number of carbonyl (C=O) groups excluding carboxylic acids is 1. The van der Waals surface area contributed by atoms with Gasteiger partial charge < -0.3 is 10.3 Å². The van der Waals surface area contributed by atoms with Gasteiger partial charge >= 0.3 is 5.97 Å². The third-order valence-corrected chi connectivity index (χ3v) is 3.56. The highest BCUT2D eigenvalue weighted by molar-refractivity contribution is 5.74. The number of rotatable bonds is 5. The van der Waals surface area contributed by atoms with E-state index in [1.165, 1.54) is 0 Å². The van der Waals surface area contributed by atoms with Crippen molar-refractivity contribution in [3.63, 3.8) is 0 Å². The average molecular weight is 296 g/mol. The summed E-state index contributed by atoms with van der Waals surface area (Å²) >= 11 is 0. The summed E-state index contributed by atoms with van der Waals surface area (Å²) in [6.07, 6.45) is 0.762. The molecule has 114 valence electrons. The molecule has 0 atom stereocenters. The fourth-order valence-corrected chi connectivity index (χ4v) is 2.58. The lowest BCUT2D eigenvalue weighted by Gasteiger charge is -2.11. The van der Waals surface area contributed by atoms with Gasteiger partial charge in [-0.3, -0.25) is 9.91 Å². The molecule has 0 saturated carbocycles. The van der Waals surface area contributed by atoms with Crippen LogP contribution < -0.4 is 9.85 Å². The lowest BCUT2D eigenvalue weighted by atomic mass is 10.1. The summed E-state index contributed by atoms with van der Waals surface area (Å²) in [6.45, 7) is 5.89. The predicted octanol–water partition coefficient (Wildman–Crippen LogP) is 2.88. The molecule has 0 fully saturated rings. The average Bonchev–Trinajstić information content (AvgIpc) is 2.49. The Morgan fingerprint density at radius 3 is 2.41 bits per heavy atom. The number of benzene rings is 2. The van der Waals surface area contributed by atoms with Gasteiger partial charge in [0.15, 0.2) is 5.69 Å². The van der Waals surface area contributed by atoms with Crippen LogP contribution in [0, 0.1) is 20.8 Å². The quantitative estimate of drug-likeness (QED) is 0.524. The number of nitrogens with zero attached hydrogens (tertiary/aromatic N) is 1. The summed E-state index contributed by atoms with van der Waals surface area (Å²) in [6, 6.07) is 11.3. The number of ether oxygens (including phenoxy) is 1. The zero-order valence-corrected chi connectivity index (χ0v) is 13.1. The number of hydrogen-bond acceptors (Lipinski definition) is 2. The second-order valence-electron chi connectivity index (χ2n) is 5.47. The van der Waals surface area contributed by atoms with Gasteiger partial charge in [0.25, 0.3) is 0 Å². The Bertz CT molecular complexity index is 685. The van der Waals surface area contributed by atoms with Gasteiger partial charge in [0, 0.05) is 11.6 Å². The maximum Gasteiger partial charge on any atom is 0.311 e. The third kappa shape index (κ3) is 3.79. The molecule has 0 heterocycles. The molecule has 2 rings (SSSR count). The summed E-state index contributed by atoms with van der Waals surface area (Å²) in [5.41, 5.74) is 13.6. The van der Waals surface area contributed by atoms with Gasteiger partial charge in [-0.25, -0.2) is 0 Å². The molecule has 0 aliphatic carbocycles. The summed E-state index contributed by atoms with van der Waals surface area (Å²) < 4.78 is 5.50. The Balaban J connectivity index is 2.04. The first-order valence-corrected chi connectivity index (χ1v) is 7.28. The minimum Gasteiger partial charge on any atom is -0.502 e. The van der Waals surface area contributed by atoms with E-state index in [0.717, 1.165) is 22.3 Å². The summed E-state index contributed by atoms with van der Waals surface area (Å²) in [4.78, 5) is 12.1. The summed E-state index contributed by atoms with van der Waals surface area (Å²) in [5.74, 6) is 0.368. The molecule has 0 aliphatic heterocycles. The molecule has 0 amide bonds. The smallest absolute Gasteiger partial charge is 0.311 e. The number of nitrogens with one attached hydrogen (secondary N) is 1. The molecular formula is C18H20N2O2. The Labute approximate surface area is 130 Å². The molecule has 0 radical (unpaired) electrons. The molecule has 0 spiro atoms. The Kier molecular flexibility index (Phi) is 5.04. The minimum absolute atomic E-state index is 0.255. The monoisotopic (exact) mass is 296 g/mol. The van der Waals surface area contributed by atoms with Crippen molar-refractivity contribution in [3.05, 3.63) is 64.2 Å². The van der Waals surface area contributed by atoms with Crippen LogP contribution in [0.3, 0.4) is 0 Å². The lowest BCUT2D eigenvalue weighted by molar-refractivity contribution is -0.380. The van der Waals surface area contributed by atoms with E-state index in [1.807, 2.05) is 51.1 Å². The van der Waals surface area contributed by atoms with Crippen LogP contribution >= 0.6 is 0 Å². The molecule has 0 aliphatic rings. The van der Waals surface area contributed by atoms with Gasteiger partial charge in [0.05, 0.1) is 6.42 Å². The van der Waals surface area contributed by atoms with Crippen molar-refractivity contribution < 1.29 is 14.6 Å². The molecule has 4 nitrogen and oxygen atoms in total. The van der Waals surface area contributed by atoms with E-state index in [0.29, 0.717) is 17.9 Å². The van der Waals surface area contributed by atoms with E-state index in [2.05, 4.69) is 5.11 Å². The first kappa shape index (κ1) is 15.9. The second kappa shape index (κ2) is 6.98. The molecule has 22 heavy (non-hydrogen) atoms. The van der Waals surface area contributed by atoms with E-state index in [-0.39, 0.29) is 12.4 Å². The fourth-order valence-electron chi connectivity index (χ4n) is 2.58. The largest absolute Gasteiger partial charge is 0.502 e. The maximum absolute atomic E-state index is 12.1. The highest BCUT2D eigenvalue weighted by Gasteiger charge is 2.12. The Morgan fingerprint density at radius 1 is 1.14 bits per heavy atom. The highest BCUT2D eigenvalue weighted by Crippen LogP contribution is 2.25. The fraction of sp³-hybridized carbons (Fsp3) is 0.278. The number of para-hydroxylation sites is 1. The van der Waals surface area contributed by atoms with Crippen LogP contribution in [-0.4, -0.2) is 5.97 Å². The highest BCUT2D eigenvalue weighted by atomic mass is 16.5. The van der Waals surface area contributed by atoms with E-state index < -0.39 is 0 Å². The number of esters is 1. The molecule has 1 N–H and O–H groups in total. The Hall–Kier alpha value is -2.49. The van der Waals surface area contributed by atoms with Crippen LogP contribution in [-0.2, 0) is 11.2 Å². The summed E-state index contributed by atoms with van der Waals surface area (Å²) in [5, 5.41) is 2.14. The molecule has 4 heteroatoms. The summed E-state index contributed by atoms with van der Waals surface area (Å²) in [7, 11) is 0. The zero-order valence-electron chi connectivity index (χ0n) is 13.1. The van der Waals surface area contributed by atoms with E-state index >= 15 is 0 Å². The molecule has 0 saturated heterocycles. The van der Waals surface area contributed by atoms with Crippen molar-refractivity contribution in [2.24, 2.45) is 0 Å². The van der Waals surface area contributed by atoms with Crippen molar-refractivity contribution in [1.29, 1.82) is 0 Å². The second-order valence-corrected chi connectivity index (χ2v) is 5.47. The van der Waals surface area contributed by atoms with Gasteiger partial charge in [0.2, 0.25) is 0 Å². The predicted molar refractivity (Wildman–Crippen MR) is 85.0 cm³/mol. The molecule has 2 aromatic rings. The van der Waals surface area contributed by atoms with Crippen molar-refractivity contribution in [2.45, 2.75) is 33.6 Å². The van der Waals surface area contributed by atoms with Gasteiger partial charge in [-0.1, -0.05) is 35.9 Å². The molecular weight excluding hydrogens is 276 g/mol. The normalized spacial score (nSPS) is 10.3. The van der Waals surface area contributed by atoms with E-state index in [9.17, 15) is 4.79 Å². The van der Waals surface area contributed by atoms with Crippen molar-refractivity contribution in [3.8, 4) is 5.75 Å². The topological polar surface area (TPSA) is 62.6 Å². The third-order valence-electron chi connectivity index (χ3n) is 3.56. The van der Waals surface area contributed by atoms with Crippen LogP contribution in [0.5, 0.6) is 5.75 Å². The van der Waals surface area contributed by atoms with Gasteiger partial charge in [0.1, 0.15) is 5.75 Å². The van der Waals surface area contributed by atoms with Crippen LogP contribution in [0.4, 0.5) is 5.69 Å². The van der Waals surface area contributed by atoms with E-state index in [1.54, 1.807) is 6.07 Å². The Morgan fingerprint density at radius 2 is 1.77 bits per heavy atom. The zero-order chi connectivity index (χ0) is 16.1. The van der Waals surface area contributed by atoms with Gasteiger partial charge in [-0.2, -0.15) is 0 Å². The van der Waals surface area contributed by atoms with Gasteiger partial charge in [-0.15, -0.1) is 0 Å². The molecule has 0 bridgehead atoms. The SMILES string of the molecule is Cc1cc(C)c(OC(=O)CCc2ccccc2[NH+]=[N-])c(C)c1. The lowest BCUT2D eigenvalue weighted by Crippen LogP contribution is -2.55. The maximum atomic E-state index is 12.1. The molecule has 2 aromatic carbocycles. The first-order chi connectivity index (χ1) is 10.5.